The topological polar surface area (TPSA) is 107 Å². The summed E-state index contributed by atoms with van der Waals surface area (Å²) in [5, 5.41) is 22.4. The lowest BCUT2D eigenvalue weighted by atomic mass is 9.86. The number of benzene rings is 3. The molecule has 3 aromatic rings. The summed E-state index contributed by atoms with van der Waals surface area (Å²) in [7, 11) is 0. The van der Waals surface area contributed by atoms with Crippen molar-refractivity contribution in [2.24, 2.45) is 0 Å². The molecule has 0 unspecified atom stereocenters. The second-order valence-corrected chi connectivity index (χ2v) is 6.70. The van der Waals surface area contributed by atoms with E-state index in [0.29, 0.717) is 16.7 Å². The van der Waals surface area contributed by atoms with Crippen LogP contribution in [0.15, 0.2) is 78.9 Å². The van der Waals surface area contributed by atoms with Crippen molar-refractivity contribution in [1.82, 2.24) is 0 Å². The Morgan fingerprint density at radius 3 is 2.00 bits per heavy atom. The maximum absolute atomic E-state index is 12.9. The van der Waals surface area contributed by atoms with Gasteiger partial charge < -0.3 is 9.84 Å². The summed E-state index contributed by atoms with van der Waals surface area (Å²) >= 11 is 0. The predicted octanol–water partition coefficient (Wildman–Crippen LogP) is 3.57. The third kappa shape index (κ3) is 4.11. The number of nitrogens with zero attached hydrogens (tertiary/aromatic N) is 1. The fraction of sp³-hybridized carbons (Fsp3) is 0.130. The summed E-state index contributed by atoms with van der Waals surface area (Å²) in [6, 6.07) is 20.5. The van der Waals surface area contributed by atoms with E-state index in [9.17, 15) is 24.8 Å². The molecule has 0 aromatic heterocycles. The number of ketones is 1. The molecular weight excluding hydrogens is 386 g/mol. The number of hydrogen-bond donors (Lipinski definition) is 1. The third-order valence-electron chi connectivity index (χ3n) is 4.74. The first kappa shape index (κ1) is 20.9. The minimum Gasteiger partial charge on any atom is -0.455 e. The molecule has 152 valence electrons. The monoisotopic (exact) mass is 405 g/mol. The molecule has 0 aliphatic carbocycles. The summed E-state index contributed by atoms with van der Waals surface area (Å²) in [5.41, 5.74) is -1.27. The lowest BCUT2D eigenvalue weighted by molar-refractivity contribution is -0.385. The standard InChI is InChI=1S/C23H19NO6/c1-16-12-13-17(14-20(16)24(28)29)21(25)15-30-22(26)23(27,18-8-4-2-5-9-18)19-10-6-3-7-11-19/h2-14,27H,15H2,1H3. The molecule has 3 aromatic carbocycles. The second kappa shape index (κ2) is 8.67. The highest BCUT2D eigenvalue weighted by Crippen LogP contribution is 2.31. The number of ether oxygens (including phenoxy) is 1. The van der Waals surface area contributed by atoms with Crippen LogP contribution in [0.5, 0.6) is 0 Å². The van der Waals surface area contributed by atoms with E-state index in [4.69, 9.17) is 4.74 Å². The van der Waals surface area contributed by atoms with Crippen molar-refractivity contribution in [3.8, 4) is 0 Å². The molecule has 3 rings (SSSR count). The van der Waals surface area contributed by atoms with Gasteiger partial charge in [-0.3, -0.25) is 14.9 Å². The van der Waals surface area contributed by atoms with Crippen LogP contribution >= 0.6 is 0 Å². The average molecular weight is 405 g/mol. The molecule has 0 aliphatic heterocycles. The van der Waals surface area contributed by atoms with Crippen molar-refractivity contribution in [2.75, 3.05) is 6.61 Å². The van der Waals surface area contributed by atoms with Crippen LogP contribution < -0.4 is 0 Å². The number of hydrogen-bond acceptors (Lipinski definition) is 6. The van der Waals surface area contributed by atoms with E-state index in [1.54, 1.807) is 67.6 Å². The largest absolute Gasteiger partial charge is 0.455 e. The van der Waals surface area contributed by atoms with Gasteiger partial charge >= 0.3 is 5.97 Å². The van der Waals surface area contributed by atoms with Crippen LogP contribution in [0.4, 0.5) is 5.69 Å². The van der Waals surface area contributed by atoms with Crippen LogP contribution in [0.25, 0.3) is 0 Å². The van der Waals surface area contributed by atoms with Gasteiger partial charge in [-0.2, -0.15) is 0 Å². The zero-order valence-corrected chi connectivity index (χ0v) is 16.1. The number of aliphatic hydroxyl groups is 1. The highest BCUT2D eigenvalue weighted by atomic mass is 16.6. The molecule has 0 saturated heterocycles. The van der Waals surface area contributed by atoms with E-state index in [0.717, 1.165) is 6.07 Å². The molecule has 0 amide bonds. The molecule has 7 heteroatoms. The zero-order chi connectivity index (χ0) is 21.7. The van der Waals surface area contributed by atoms with E-state index in [-0.39, 0.29) is 11.3 Å². The van der Waals surface area contributed by atoms with Gasteiger partial charge in [0.15, 0.2) is 6.61 Å². The number of Topliss-reactive ketones (excluding diaryl/α,β-unsaturated/α-hetero) is 1. The first-order valence-electron chi connectivity index (χ1n) is 9.13. The van der Waals surface area contributed by atoms with Gasteiger partial charge in [0.25, 0.3) is 5.69 Å². The molecule has 0 spiro atoms. The Bertz CT molecular complexity index is 1040. The van der Waals surface area contributed by atoms with Crippen LogP contribution in [0.3, 0.4) is 0 Å². The van der Waals surface area contributed by atoms with Crippen molar-refractivity contribution < 1.29 is 24.4 Å². The Morgan fingerprint density at radius 1 is 0.967 bits per heavy atom. The van der Waals surface area contributed by atoms with Gasteiger partial charge in [-0.1, -0.05) is 72.8 Å². The Kier molecular flexibility index (Phi) is 6.03. The Hall–Kier alpha value is -3.84. The molecule has 0 aliphatic rings. The number of carbonyl (C=O) groups is 2. The number of aryl methyl sites for hydroxylation is 1. The number of nitro benzene ring substituents is 1. The fourth-order valence-electron chi connectivity index (χ4n) is 3.06. The van der Waals surface area contributed by atoms with E-state index >= 15 is 0 Å². The second-order valence-electron chi connectivity index (χ2n) is 6.70. The van der Waals surface area contributed by atoms with Crippen molar-refractivity contribution in [2.45, 2.75) is 12.5 Å². The highest BCUT2D eigenvalue weighted by Gasteiger charge is 2.41. The normalized spacial score (nSPS) is 11.0. The SMILES string of the molecule is Cc1ccc(C(=O)COC(=O)C(O)(c2ccccc2)c2ccccc2)cc1[N+](=O)[O-]. The van der Waals surface area contributed by atoms with E-state index < -0.39 is 28.9 Å². The Morgan fingerprint density at radius 2 is 1.50 bits per heavy atom. The number of esters is 1. The smallest absolute Gasteiger partial charge is 0.348 e. The maximum atomic E-state index is 12.9. The van der Waals surface area contributed by atoms with Crippen molar-refractivity contribution >= 4 is 17.4 Å². The highest BCUT2D eigenvalue weighted by molar-refractivity contribution is 5.99. The molecule has 0 saturated carbocycles. The molecule has 30 heavy (non-hydrogen) atoms. The van der Waals surface area contributed by atoms with Crippen molar-refractivity contribution in [3.63, 3.8) is 0 Å². The number of carbonyl (C=O) groups excluding carboxylic acids is 2. The molecule has 0 fully saturated rings. The Balaban J connectivity index is 1.85. The van der Waals surface area contributed by atoms with E-state index in [2.05, 4.69) is 0 Å². The molecule has 7 nitrogen and oxygen atoms in total. The van der Waals surface area contributed by atoms with Crippen LogP contribution in [-0.2, 0) is 15.1 Å². The quantitative estimate of drug-likeness (QED) is 0.279. The van der Waals surface area contributed by atoms with Crippen molar-refractivity contribution in [1.29, 1.82) is 0 Å². The molecule has 0 heterocycles. The van der Waals surface area contributed by atoms with Gasteiger partial charge in [0.1, 0.15) is 0 Å². The summed E-state index contributed by atoms with van der Waals surface area (Å²) in [6.45, 7) is 0.896. The summed E-state index contributed by atoms with van der Waals surface area (Å²) in [6.07, 6.45) is 0. The predicted molar refractivity (Wildman–Crippen MR) is 109 cm³/mol. The fourth-order valence-corrected chi connectivity index (χ4v) is 3.06. The van der Waals surface area contributed by atoms with Crippen molar-refractivity contribution in [3.05, 3.63) is 111 Å². The van der Waals surface area contributed by atoms with Gasteiger partial charge in [-0.25, -0.2) is 4.79 Å². The van der Waals surface area contributed by atoms with Gasteiger partial charge in [-0.05, 0) is 18.1 Å². The minimum atomic E-state index is -2.11. The van der Waals surface area contributed by atoms with Gasteiger partial charge in [0, 0.05) is 17.2 Å². The molecule has 0 radical (unpaired) electrons. The summed E-state index contributed by atoms with van der Waals surface area (Å²) < 4.78 is 5.15. The first-order chi connectivity index (χ1) is 14.3. The summed E-state index contributed by atoms with van der Waals surface area (Å²) in [5.74, 6) is -1.63. The number of rotatable bonds is 7. The summed E-state index contributed by atoms with van der Waals surface area (Å²) in [4.78, 5) is 35.9. The molecule has 0 bridgehead atoms. The van der Waals surface area contributed by atoms with Gasteiger partial charge in [-0.15, -0.1) is 0 Å². The lowest BCUT2D eigenvalue weighted by Gasteiger charge is -2.26. The van der Waals surface area contributed by atoms with Crippen LogP contribution in [0.2, 0.25) is 0 Å². The van der Waals surface area contributed by atoms with Gasteiger partial charge in [0.2, 0.25) is 11.4 Å². The molecular formula is C23H19NO6. The maximum Gasteiger partial charge on any atom is 0.348 e. The molecule has 1 N–H and O–H groups in total. The third-order valence-corrected chi connectivity index (χ3v) is 4.74. The van der Waals surface area contributed by atoms with Gasteiger partial charge in [0.05, 0.1) is 4.92 Å². The number of nitro groups is 1. The molecule has 0 atom stereocenters. The van der Waals surface area contributed by atoms with E-state index in [1.165, 1.54) is 12.1 Å². The Labute approximate surface area is 172 Å². The zero-order valence-electron chi connectivity index (χ0n) is 16.1. The van der Waals surface area contributed by atoms with Crippen LogP contribution in [0, 0.1) is 17.0 Å². The van der Waals surface area contributed by atoms with Crippen LogP contribution in [-0.4, -0.2) is 28.4 Å². The first-order valence-corrected chi connectivity index (χ1v) is 9.13. The lowest BCUT2D eigenvalue weighted by Crippen LogP contribution is -2.39. The minimum absolute atomic E-state index is 0.0445. The van der Waals surface area contributed by atoms with E-state index in [1.807, 2.05) is 0 Å². The van der Waals surface area contributed by atoms with Crippen LogP contribution in [0.1, 0.15) is 27.0 Å². The average Bonchev–Trinajstić information content (AvgIpc) is 2.77.